The molecule has 0 radical (unpaired) electrons. The Morgan fingerprint density at radius 1 is 1.40 bits per heavy atom. The van der Waals surface area contributed by atoms with Crippen LogP contribution in [0.4, 0.5) is 0 Å². The summed E-state index contributed by atoms with van der Waals surface area (Å²) < 4.78 is 0. The zero-order chi connectivity index (χ0) is 14.1. The van der Waals surface area contributed by atoms with Crippen LogP contribution in [0, 0.1) is 6.92 Å². The smallest absolute Gasteiger partial charge is 0.131 e. The lowest BCUT2D eigenvalue weighted by atomic mass is 10.1. The van der Waals surface area contributed by atoms with Crippen LogP contribution in [-0.2, 0) is 19.5 Å². The van der Waals surface area contributed by atoms with Crippen molar-refractivity contribution in [1.29, 1.82) is 0 Å². The van der Waals surface area contributed by atoms with Crippen molar-refractivity contribution in [3.63, 3.8) is 0 Å². The van der Waals surface area contributed by atoms with Gasteiger partial charge in [-0.3, -0.25) is 10.00 Å². The Morgan fingerprint density at radius 3 is 2.95 bits per heavy atom. The minimum absolute atomic E-state index is 0.394. The number of hydrogen-bond acceptors (Lipinski definition) is 4. The number of rotatable bonds is 3. The van der Waals surface area contributed by atoms with Gasteiger partial charge in [0.2, 0.25) is 0 Å². The molecule has 0 fully saturated rings. The van der Waals surface area contributed by atoms with Gasteiger partial charge in [0.25, 0.3) is 0 Å². The van der Waals surface area contributed by atoms with Crippen LogP contribution in [0.25, 0.3) is 0 Å². The lowest BCUT2D eigenvalue weighted by molar-refractivity contribution is 0.239. The van der Waals surface area contributed by atoms with E-state index in [1.165, 1.54) is 11.3 Å². The summed E-state index contributed by atoms with van der Waals surface area (Å²) in [4.78, 5) is 11.6. The largest absolute Gasteiger partial charge is 0.293 e. The molecule has 2 aromatic heterocycles. The molecule has 0 saturated carbocycles. The van der Waals surface area contributed by atoms with E-state index >= 15 is 0 Å². The van der Waals surface area contributed by atoms with Crippen molar-refractivity contribution in [3.8, 4) is 0 Å². The minimum atomic E-state index is 0.394. The van der Waals surface area contributed by atoms with Crippen molar-refractivity contribution < 1.29 is 0 Å². The molecule has 0 aromatic carbocycles. The molecule has 1 aliphatic heterocycles. The van der Waals surface area contributed by atoms with Crippen LogP contribution in [-0.4, -0.2) is 31.6 Å². The van der Waals surface area contributed by atoms with Crippen molar-refractivity contribution in [3.05, 3.63) is 40.7 Å². The molecule has 0 unspecified atom stereocenters. The third-order valence-electron chi connectivity index (χ3n) is 3.69. The van der Waals surface area contributed by atoms with E-state index in [1.807, 2.05) is 13.1 Å². The normalized spacial score (nSPS) is 15.6. The molecule has 20 heavy (non-hydrogen) atoms. The highest BCUT2D eigenvalue weighted by molar-refractivity contribution is 5.21. The predicted molar refractivity (Wildman–Crippen MR) is 77.3 cm³/mol. The second-order valence-corrected chi connectivity index (χ2v) is 5.86. The third kappa shape index (κ3) is 2.72. The molecule has 3 rings (SSSR count). The first kappa shape index (κ1) is 13.2. The molecule has 5 nitrogen and oxygen atoms in total. The Hall–Kier alpha value is -1.75. The molecule has 2 aromatic rings. The molecule has 0 spiro atoms. The highest BCUT2D eigenvalue weighted by Crippen LogP contribution is 2.20. The summed E-state index contributed by atoms with van der Waals surface area (Å²) >= 11 is 0. The van der Waals surface area contributed by atoms with Crippen LogP contribution in [0.1, 0.15) is 48.2 Å². The first-order chi connectivity index (χ1) is 9.61. The van der Waals surface area contributed by atoms with E-state index in [1.54, 1.807) is 0 Å². The van der Waals surface area contributed by atoms with Crippen LogP contribution in [0.5, 0.6) is 0 Å². The first-order valence-corrected chi connectivity index (χ1v) is 7.19. The third-order valence-corrected chi connectivity index (χ3v) is 3.69. The molecule has 0 amide bonds. The van der Waals surface area contributed by atoms with Crippen LogP contribution >= 0.6 is 0 Å². The minimum Gasteiger partial charge on any atom is -0.293 e. The molecular weight excluding hydrogens is 250 g/mol. The molecular formula is C15H21N5. The van der Waals surface area contributed by atoms with Crippen molar-refractivity contribution in [2.45, 2.75) is 46.2 Å². The van der Waals surface area contributed by atoms with E-state index < -0.39 is 0 Å². The van der Waals surface area contributed by atoms with E-state index in [9.17, 15) is 0 Å². The molecule has 106 valence electrons. The lowest BCUT2D eigenvalue weighted by Crippen LogP contribution is -2.31. The molecule has 0 atom stereocenters. The quantitative estimate of drug-likeness (QED) is 0.929. The van der Waals surface area contributed by atoms with E-state index in [0.29, 0.717) is 5.92 Å². The van der Waals surface area contributed by atoms with Crippen LogP contribution < -0.4 is 0 Å². The topological polar surface area (TPSA) is 57.7 Å². The number of aryl methyl sites for hydroxylation is 1. The lowest BCUT2D eigenvalue weighted by Gasteiger charge is -2.27. The second kappa shape index (κ2) is 5.32. The summed E-state index contributed by atoms with van der Waals surface area (Å²) in [5.74, 6) is 1.35. The Balaban J connectivity index is 1.72. The summed E-state index contributed by atoms with van der Waals surface area (Å²) in [6.45, 7) is 9.14. The number of nitrogens with one attached hydrogen (secondary N) is 1. The van der Waals surface area contributed by atoms with Gasteiger partial charge in [-0.25, -0.2) is 9.97 Å². The van der Waals surface area contributed by atoms with Crippen molar-refractivity contribution in [1.82, 2.24) is 25.1 Å². The number of nitrogens with zero attached hydrogens (tertiary/aromatic N) is 4. The fourth-order valence-corrected chi connectivity index (χ4v) is 2.59. The van der Waals surface area contributed by atoms with E-state index in [2.05, 4.69) is 40.0 Å². The molecule has 1 aliphatic rings. The van der Waals surface area contributed by atoms with Gasteiger partial charge in [0.15, 0.2) is 0 Å². The number of aromatic nitrogens is 4. The van der Waals surface area contributed by atoms with Gasteiger partial charge in [0, 0.05) is 55.1 Å². The zero-order valence-electron chi connectivity index (χ0n) is 12.3. The highest BCUT2D eigenvalue weighted by Gasteiger charge is 2.19. The van der Waals surface area contributed by atoms with Gasteiger partial charge in [-0.05, 0) is 13.0 Å². The van der Waals surface area contributed by atoms with Gasteiger partial charge in [0.05, 0.1) is 5.69 Å². The Morgan fingerprint density at radius 2 is 2.25 bits per heavy atom. The van der Waals surface area contributed by atoms with Gasteiger partial charge in [-0.2, -0.15) is 5.10 Å². The average Bonchev–Trinajstić information content (AvgIpc) is 2.83. The fraction of sp³-hybridized carbons (Fsp3) is 0.533. The fourth-order valence-electron chi connectivity index (χ4n) is 2.59. The number of fused-ring (bicyclic) bond motifs is 1. The summed E-state index contributed by atoms with van der Waals surface area (Å²) in [6, 6.07) is 2.11. The monoisotopic (exact) mass is 271 g/mol. The van der Waals surface area contributed by atoms with Crippen molar-refractivity contribution >= 4 is 0 Å². The summed E-state index contributed by atoms with van der Waals surface area (Å²) in [5.41, 5.74) is 4.69. The van der Waals surface area contributed by atoms with Gasteiger partial charge in [-0.15, -0.1) is 0 Å². The second-order valence-electron chi connectivity index (χ2n) is 5.86. The Labute approximate surface area is 119 Å². The Bertz CT molecular complexity index is 602. The number of aromatic amines is 1. The molecule has 0 saturated heterocycles. The number of hydrogen-bond donors (Lipinski definition) is 1. The summed E-state index contributed by atoms with van der Waals surface area (Å²) in [7, 11) is 0. The van der Waals surface area contributed by atoms with E-state index in [0.717, 1.165) is 43.3 Å². The van der Waals surface area contributed by atoms with Gasteiger partial charge >= 0.3 is 0 Å². The standard InChI is InChI=1S/C15H21N5/c1-10(2)15-16-7-12-8-20(5-4-14(12)17-15)9-13-6-11(3)18-19-13/h6-7,10H,4-5,8-9H2,1-3H3,(H,18,19). The molecule has 1 N–H and O–H groups in total. The zero-order valence-corrected chi connectivity index (χ0v) is 12.3. The first-order valence-electron chi connectivity index (χ1n) is 7.19. The van der Waals surface area contributed by atoms with Gasteiger partial charge < -0.3 is 0 Å². The maximum absolute atomic E-state index is 4.70. The molecule has 3 heterocycles. The van der Waals surface area contributed by atoms with Crippen LogP contribution in [0.15, 0.2) is 12.3 Å². The summed E-state index contributed by atoms with van der Waals surface area (Å²) in [5, 5.41) is 7.30. The molecule has 0 bridgehead atoms. The van der Waals surface area contributed by atoms with Crippen molar-refractivity contribution in [2.75, 3.05) is 6.54 Å². The maximum Gasteiger partial charge on any atom is 0.131 e. The van der Waals surface area contributed by atoms with E-state index in [-0.39, 0.29) is 0 Å². The maximum atomic E-state index is 4.70. The highest BCUT2D eigenvalue weighted by atomic mass is 15.2. The van der Waals surface area contributed by atoms with E-state index in [4.69, 9.17) is 4.98 Å². The molecule has 0 aliphatic carbocycles. The van der Waals surface area contributed by atoms with Crippen molar-refractivity contribution in [2.24, 2.45) is 0 Å². The molecule has 5 heteroatoms. The Kier molecular flexibility index (Phi) is 3.53. The predicted octanol–water partition coefficient (Wildman–Crippen LogP) is 2.19. The van der Waals surface area contributed by atoms with Crippen LogP contribution in [0.3, 0.4) is 0 Å². The SMILES string of the molecule is Cc1cc(CN2CCc3nc(C(C)C)ncc3C2)n[nH]1. The van der Waals surface area contributed by atoms with Gasteiger partial charge in [0.1, 0.15) is 5.82 Å². The van der Waals surface area contributed by atoms with Crippen LogP contribution in [0.2, 0.25) is 0 Å². The average molecular weight is 271 g/mol. The summed E-state index contributed by atoms with van der Waals surface area (Å²) in [6.07, 6.45) is 3.00. The number of H-pyrrole nitrogens is 1. The van der Waals surface area contributed by atoms with Gasteiger partial charge in [-0.1, -0.05) is 13.8 Å².